The van der Waals surface area contributed by atoms with E-state index in [0.717, 1.165) is 0 Å². The largest absolute Gasteiger partial charge is 0.358 e. The number of nitrogens with zero attached hydrogens (tertiary/aromatic N) is 2. The van der Waals surface area contributed by atoms with Crippen molar-refractivity contribution < 1.29 is 9.63 Å². The number of urea groups is 1. The predicted molar refractivity (Wildman–Crippen MR) is 61.3 cm³/mol. The number of hydrogen-bond donors (Lipinski definition) is 1. The first-order valence-electron chi connectivity index (χ1n) is 5.01. The molecule has 5 nitrogen and oxygen atoms in total. The first-order valence-corrected chi connectivity index (χ1v) is 5.39. The summed E-state index contributed by atoms with van der Waals surface area (Å²) < 4.78 is 0. The van der Waals surface area contributed by atoms with Gasteiger partial charge in [0, 0.05) is 19.2 Å². The Balaban J connectivity index is 2.48. The van der Waals surface area contributed by atoms with Crippen LogP contribution in [0.15, 0.2) is 18.2 Å². The second-order valence-electron chi connectivity index (χ2n) is 2.98. The lowest BCUT2D eigenvalue weighted by molar-refractivity contribution is 0.143. The highest BCUT2D eigenvalue weighted by atomic mass is 35.5. The molecule has 0 aliphatic carbocycles. The van der Waals surface area contributed by atoms with Crippen LogP contribution < -0.4 is 10.3 Å². The Labute approximate surface area is 99.3 Å². The lowest BCUT2D eigenvalue weighted by Gasteiger charge is -2.18. The van der Waals surface area contributed by atoms with Gasteiger partial charge in [-0.3, -0.25) is 0 Å². The van der Waals surface area contributed by atoms with Gasteiger partial charge in [-0.15, -0.1) is 0 Å². The summed E-state index contributed by atoms with van der Waals surface area (Å²) in [5, 5.41) is 0.314. The molecule has 88 valence electrons. The van der Waals surface area contributed by atoms with E-state index < -0.39 is 0 Å². The van der Waals surface area contributed by atoms with Crippen LogP contribution >= 0.6 is 11.6 Å². The predicted octanol–water partition coefficient (Wildman–Crippen LogP) is 2.08. The summed E-state index contributed by atoms with van der Waals surface area (Å²) in [6.45, 7) is 5.02. The van der Waals surface area contributed by atoms with Gasteiger partial charge in [0.2, 0.25) is 5.88 Å². The van der Waals surface area contributed by atoms with Gasteiger partial charge in [-0.2, -0.15) is 10.5 Å². The molecular formula is C10H14ClN3O2. The first-order chi connectivity index (χ1) is 7.67. The molecule has 0 aliphatic rings. The molecule has 1 aromatic heterocycles. The van der Waals surface area contributed by atoms with Crippen LogP contribution in [-0.2, 0) is 0 Å². The van der Waals surface area contributed by atoms with E-state index in [0.29, 0.717) is 18.2 Å². The van der Waals surface area contributed by atoms with Crippen molar-refractivity contribution in [1.82, 2.24) is 15.4 Å². The van der Waals surface area contributed by atoms with Gasteiger partial charge < -0.3 is 9.74 Å². The third-order valence-electron chi connectivity index (χ3n) is 1.98. The Morgan fingerprint density at radius 2 is 2.19 bits per heavy atom. The molecule has 1 aromatic rings. The number of aromatic nitrogens is 1. The van der Waals surface area contributed by atoms with Gasteiger partial charge in [-0.1, -0.05) is 17.7 Å². The van der Waals surface area contributed by atoms with Crippen molar-refractivity contribution in [3.8, 4) is 5.88 Å². The fourth-order valence-corrected chi connectivity index (χ4v) is 1.27. The van der Waals surface area contributed by atoms with Crippen molar-refractivity contribution in [2.24, 2.45) is 0 Å². The molecule has 0 saturated carbocycles. The molecule has 16 heavy (non-hydrogen) atoms. The van der Waals surface area contributed by atoms with Gasteiger partial charge in [-0.25, -0.2) is 4.79 Å². The summed E-state index contributed by atoms with van der Waals surface area (Å²) in [5.74, 6) is 0.257. The van der Waals surface area contributed by atoms with Crippen LogP contribution in [0.5, 0.6) is 5.88 Å². The van der Waals surface area contributed by atoms with Crippen LogP contribution in [0.25, 0.3) is 0 Å². The van der Waals surface area contributed by atoms with Gasteiger partial charge in [0.15, 0.2) is 0 Å². The van der Waals surface area contributed by atoms with Crippen LogP contribution in [0.2, 0.25) is 5.15 Å². The SMILES string of the molecule is CCN(CC)C(=O)NOc1cccc(Cl)n1. The van der Waals surface area contributed by atoms with Gasteiger partial charge in [0.05, 0.1) is 0 Å². The molecule has 2 amide bonds. The zero-order chi connectivity index (χ0) is 12.0. The van der Waals surface area contributed by atoms with Crippen molar-refractivity contribution >= 4 is 17.6 Å². The third kappa shape index (κ3) is 3.58. The standard InChI is InChI=1S/C10H14ClN3O2/c1-3-14(4-2)10(15)13-16-9-7-5-6-8(11)12-9/h5-7H,3-4H2,1-2H3,(H,13,15). The maximum Gasteiger partial charge on any atom is 0.350 e. The van der Waals surface area contributed by atoms with Crippen LogP contribution in [0, 0.1) is 0 Å². The zero-order valence-corrected chi connectivity index (χ0v) is 9.99. The van der Waals surface area contributed by atoms with E-state index in [-0.39, 0.29) is 11.9 Å². The van der Waals surface area contributed by atoms with E-state index in [9.17, 15) is 4.79 Å². The second kappa shape index (κ2) is 6.17. The van der Waals surface area contributed by atoms with Gasteiger partial charge in [0.1, 0.15) is 5.15 Å². The summed E-state index contributed by atoms with van der Waals surface area (Å²) in [7, 11) is 0. The fourth-order valence-electron chi connectivity index (χ4n) is 1.12. The maximum atomic E-state index is 11.5. The topological polar surface area (TPSA) is 54.5 Å². The minimum Gasteiger partial charge on any atom is -0.358 e. The fraction of sp³-hybridized carbons (Fsp3) is 0.400. The third-order valence-corrected chi connectivity index (χ3v) is 2.19. The maximum absolute atomic E-state index is 11.5. The van der Waals surface area contributed by atoms with E-state index in [1.54, 1.807) is 23.1 Å². The molecule has 1 heterocycles. The minimum atomic E-state index is -0.299. The summed E-state index contributed by atoms with van der Waals surface area (Å²) in [6, 6.07) is 4.62. The van der Waals surface area contributed by atoms with Crippen molar-refractivity contribution in [1.29, 1.82) is 0 Å². The average Bonchev–Trinajstić information content (AvgIpc) is 2.28. The number of nitrogens with one attached hydrogen (secondary N) is 1. The number of halogens is 1. The highest BCUT2D eigenvalue weighted by molar-refractivity contribution is 6.29. The normalized spacial score (nSPS) is 9.69. The molecule has 0 unspecified atom stereocenters. The second-order valence-corrected chi connectivity index (χ2v) is 3.37. The summed E-state index contributed by atoms with van der Waals surface area (Å²) in [6.07, 6.45) is 0. The van der Waals surface area contributed by atoms with Crippen LogP contribution in [0.4, 0.5) is 4.79 Å². The molecule has 1 rings (SSSR count). The number of rotatable bonds is 4. The molecule has 0 aromatic carbocycles. The lowest BCUT2D eigenvalue weighted by Crippen LogP contribution is -2.41. The number of hydroxylamine groups is 1. The van der Waals surface area contributed by atoms with Gasteiger partial charge in [-0.05, 0) is 19.9 Å². The molecule has 1 N–H and O–H groups in total. The smallest absolute Gasteiger partial charge is 0.350 e. The molecule has 0 fully saturated rings. The highest BCUT2D eigenvalue weighted by Gasteiger charge is 2.09. The van der Waals surface area contributed by atoms with E-state index >= 15 is 0 Å². The van der Waals surface area contributed by atoms with E-state index in [1.807, 2.05) is 13.8 Å². The Morgan fingerprint density at radius 3 is 2.75 bits per heavy atom. The molecule has 0 atom stereocenters. The van der Waals surface area contributed by atoms with Crippen molar-refractivity contribution in [3.05, 3.63) is 23.4 Å². The molecule has 0 aliphatic heterocycles. The highest BCUT2D eigenvalue weighted by Crippen LogP contribution is 2.10. The number of pyridine rings is 1. The van der Waals surface area contributed by atoms with Crippen LogP contribution in [0.1, 0.15) is 13.8 Å². The Kier molecular flexibility index (Phi) is 4.85. The van der Waals surface area contributed by atoms with Crippen LogP contribution in [0.3, 0.4) is 0 Å². The quantitative estimate of drug-likeness (QED) is 0.651. The van der Waals surface area contributed by atoms with Crippen LogP contribution in [-0.4, -0.2) is 29.0 Å². The summed E-state index contributed by atoms with van der Waals surface area (Å²) in [4.78, 5) is 21.9. The Bertz CT molecular complexity index is 356. The van der Waals surface area contributed by atoms with E-state index in [2.05, 4.69) is 10.5 Å². The monoisotopic (exact) mass is 243 g/mol. The number of amides is 2. The van der Waals surface area contributed by atoms with E-state index in [1.165, 1.54) is 0 Å². The molecule has 0 bridgehead atoms. The molecule has 0 saturated heterocycles. The van der Waals surface area contributed by atoms with E-state index in [4.69, 9.17) is 16.4 Å². The number of carbonyl (C=O) groups is 1. The van der Waals surface area contributed by atoms with Crippen molar-refractivity contribution in [3.63, 3.8) is 0 Å². The summed E-state index contributed by atoms with van der Waals surface area (Å²) in [5.41, 5.74) is 2.29. The molecule has 0 radical (unpaired) electrons. The van der Waals surface area contributed by atoms with Crippen molar-refractivity contribution in [2.45, 2.75) is 13.8 Å². The van der Waals surface area contributed by atoms with Gasteiger partial charge >= 0.3 is 6.03 Å². The van der Waals surface area contributed by atoms with Gasteiger partial charge in [0.25, 0.3) is 0 Å². The number of carbonyl (C=O) groups excluding carboxylic acids is 1. The molecule has 6 heteroatoms. The summed E-state index contributed by atoms with van der Waals surface area (Å²) >= 11 is 5.66. The molecule has 0 spiro atoms. The van der Waals surface area contributed by atoms with Crippen molar-refractivity contribution in [2.75, 3.05) is 13.1 Å². The lowest BCUT2D eigenvalue weighted by atomic mass is 10.5. The number of hydrogen-bond acceptors (Lipinski definition) is 3. The average molecular weight is 244 g/mol. The zero-order valence-electron chi connectivity index (χ0n) is 9.24. The Hall–Kier alpha value is -1.49. The Morgan fingerprint density at radius 1 is 1.50 bits per heavy atom. The minimum absolute atomic E-state index is 0.257. The first kappa shape index (κ1) is 12.6. The molecular weight excluding hydrogens is 230 g/mol.